The number of fused-ring (bicyclic) bond motifs is 3. The van der Waals surface area contributed by atoms with Crippen LogP contribution in [0.1, 0.15) is 0 Å². The molecule has 3 heterocycles. The number of para-hydroxylation sites is 2. The second-order valence-electron chi connectivity index (χ2n) is 11.9. The third kappa shape index (κ3) is 5.33. The molecule has 9 rings (SSSR count). The summed E-state index contributed by atoms with van der Waals surface area (Å²) in [5.41, 5.74) is 11.0. The zero-order valence-electron chi connectivity index (χ0n) is 26.4. The summed E-state index contributed by atoms with van der Waals surface area (Å²) >= 11 is 0. The summed E-state index contributed by atoms with van der Waals surface area (Å²) in [4.78, 5) is 18.9. The molecule has 3 aromatic heterocycles. The van der Waals surface area contributed by atoms with Crippen LogP contribution in [0, 0.1) is 0 Å². The van der Waals surface area contributed by atoms with E-state index in [-0.39, 0.29) is 0 Å². The van der Waals surface area contributed by atoms with Gasteiger partial charge in [0.1, 0.15) is 11.2 Å². The lowest BCUT2D eigenvalue weighted by Gasteiger charge is -2.09. The predicted octanol–water partition coefficient (Wildman–Crippen LogP) is 11.2. The van der Waals surface area contributed by atoms with Gasteiger partial charge in [-0.1, -0.05) is 152 Å². The molecule has 5 heteroatoms. The Morgan fingerprint density at radius 3 is 1.22 bits per heavy atom. The molecule has 230 valence electrons. The van der Waals surface area contributed by atoms with Crippen LogP contribution in [-0.4, -0.2) is 19.9 Å². The van der Waals surface area contributed by atoms with Gasteiger partial charge in [-0.15, -0.1) is 0 Å². The van der Waals surface area contributed by atoms with Crippen LogP contribution in [0.4, 0.5) is 0 Å². The van der Waals surface area contributed by atoms with Gasteiger partial charge in [-0.05, 0) is 28.3 Å². The minimum absolute atomic E-state index is 0.625. The van der Waals surface area contributed by atoms with Crippen LogP contribution < -0.4 is 0 Å². The quantitative estimate of drug-likeness (QED) is 0.183. The molecule has 0 saturated heterocycles. The highest BCUT2D eigenvalue weighted by atomic mass is 16.3. The second kappa shape index (κ2) is 12.1. The molecule has 0 amide bonds. The first-order chi connectivity index (χ1) is 24.3. The Kier molecular flexibility index (Phi) is 7.06. The van der Waals surface area contributed by atoms with Crippen LogP contribution in [-0.2, 0) is 0 Å². The van der Waals surface area contributed by atoms with Crippen LogP contribution in [0.15, 0.2) is 175 Å². The summed E-state index contributed by atoms with van der Waals surface area (Å²) in [6.07, 6.45) is 3.68. The molecule has 0 atom stereocenters. The number of pyridine rings is 1. The number of hydrogen-bond donors (Lipinski definition) is 0. The molecule has 0 aliphatic heterocycles. The van der Waals surface area contributed by atoms with Gasteiger partial charge in [-0.3, -0.25) is 4.98 Å². The van der Waals surface area contributed by atoms with Gasteiger partial charge in [-0.2, -0.15) is 0 Å². The topological polar surface area (TPSA) is 64.7 Å². The van der Waals surface area contributed by atoms with E-state index in [0.717, 1.165) is 72.0 Å². The van der Waals surface area contributed by atoms with Crippen molar-refractivity contribution >= 4 is 21.9 Å². The highest BCUT2D eigenvalue weighted by Crippen LogP contribution is 2.40. The molecule has 0 saturated carbocycles. The monoisotopic (exact) mass is 628 g/mol. The molecule has 0 radical (unpaired) electrons. The van der Waals surface area contributed by atoms with E-state index in [0.29, 0.717) is 17.5 Å². The van der Waals surface area contributed by atoms with E-state index in [9.17, 15) is 0 Å². The fourth-order valence-corrected chi connectivity index (χ4v) is 6.39. The van der Waals surface area contributed by atoms with Crippen molar-refractivity contribution in [2.45, 2.75) is 0 Å². The Hall–Kier alpha value is -6.72. The lowest BCUT2D eigenvalue weighted by atomic mass is 9.98. The number of furan rings is 1. The van der Waals surface area contributed by atoms with Crippen LogP contribution in [0.5, 0.6) is 0 Å². The SMILES string of the molecule is c1ccc(-c2nc(-c3ccccc3)nc(-c3ccc(-c4cccc5c4oc4c(-c6ccc(-c7cccnc7)cc6)cccc45)cc3)n2)cc1. The maximum Gasteiger partial charge on any atom is 0.164 e. The normalized spacial score (nSPS) is 11.3. The van der Waals surface area contributed by atoms with Crippen LogP contribution >= 0.6 is 0 Å². The smallest absolute Gasteiger partial charge is 0.164 e. The van der Waals surface area contributed by atoms with Crippen LogP contribution in [0.3, 0.4) is 0 Å². The molecule has 0 fully saturated rings. The van der Waals surface area contributed by atoms with Gasteiger partial charge >= 0.3 is 0 Å². The highest BCUT2D eigenvalue weighted by Gasteiger charge is 2.17. The third-order valence-electron chi connectivity index (χ3n) is 8.87. The average molecular weight is 629 g/mol. The van der Waals surface area contributed by atoms with E-state index in [2.05, 4.69) is 96.0 Å². The van der Waals surface area contributed by atoms with Crippen molar-refractivity contribution < 1.29 is 4.42 Å². The van der Waals surface area contributed by atoms with Gasteiger partial charge in [0, 0.05) is 51.0 Å². The first-order valence-electron chi connectivity index (χ1n) is 16.2. The van der Waals surface area contributed by atoms with E-state index < -0.39 is 0 Å². The Morgan fingerprint density at radius 2 is 0.755 bits per heavy atom. The van der Waals surface area contributed by atoms with Gasteiger partial charge in [0.15, 0.2) is 17.5 Å². The van der Waals surface area contributed by atoms with Crippen molar-refractivity contribution in [1.29, 1.82) is 0 Å². The molecule has 0 spiro atoms. The van der Waals surface area contributed by atoms with E-state index in [4.69, 9.17) is 19.4 Å². The van der Waals surface area contributed by atoms with Crippen LogP contribution in [0.2, 0.25) is 0 Å². The fraction of sp³-hybridized carbons (Fsp3) is 0. The predicted molar refractivity (Wildman–Crippen MR) is 198 cm³/mol. The minimum Gasteiger partial charge on any atom is -0.455 e. The van der Waals surface area contributed by atoms with E-state index in [1.54, 1.807) is 6.20 Å². The Bertz CT molecular complexity index is 2510. The standard InChI is InChI=1S/C44H28N4O/c1-3-10-32(11-4-1)42-46-43(33-12-5-2-6-13-33)48-44(47-42)34-25-23-31(24-26-34)37-16-8-18-39-38-17-7-15-36(40(38)49-41(37)39)30-21-19-29(20-22-30)35-14-9-27-45-28-35/h1-28H. The number of hydrogen-bond acceptors (Lipinski definition) is 5. The number of benzene rings is 6. The van der Waals surface area contributed by atoms with Crippen molar-refractivity contribution in [3.05, 3.63) is 170 Å². The lowest BCUT2D eigenvalue weighted by Crippen LogP contribution is -2.00. The summed E-state index contributed by atoms with van der Waals surface area (Å²) in [6, 6.07) is 53.8. The summed E-state index contributed by atoms with van der Waals surface area (Å²) in [5.74, 6) is 1.91. The first-order valence-corrected chi connectivity index (χ1v) is 16.2. The molecule has 0 bridgehead atoms. The molecule has 0 aliphatic carbocycles. The number of rotatable bonds is 6. The van der Waals surface area contributed by atoms with Gasteiger partial charge in [0.25, 0.3) is 0 Å². The van der Waals surface area contributed by atoms with Gasteiger partial charge < -0.3 is 4.42 Å². The zero-order valence-corrected chi connectivity index (χ0v) is 26.4. The first kappa shape index (κ1) is 28.5. The largest absolute Gasteiger partial charge is 0.455 e. The van der Waals surface area contributed by atoms with Gasteiger partial charge in [0.05, 0.1) is 0 Å². The van der Waals surface area contributed by atoms with Crippen molar-refractivity contribution in [1.82, 2.24) is 19.9 Å². The molecule has 0 unspecified atom stereocenters. The molecule has 9 aromatic rings. The molecule has 0 aliphatic rings. The van der Waals surface area contributed by atoms with Crippen LogP contribution in [0.25, 0.3) is 89.5 Å². The molecule has 6 aromatic carbocycles. The Labute approximate surface area is 283 Å². The van der Waals surface area contributed by atoms with Crippen molar-refractivity contribution in [2.75, 3.05) is 0 Å². The highest BCUT2D eigenvalue weighted by molar-refractivity contribution is 6.13. The average Bonchev–Trinajstić information content (AvgIpc) is 3.58. The van der Waals surface area contributed by atoms with Crippen molar-refractivity contribution in [3.63, 3.8) is 0 Å². The van der Waals surface area contributed by atoms with Crippen molar-refractivity contribution in [2.24, 2.45) is 0 Å². The maximum atomic E-state index is 6.74. The fourth-order valence-electron chi connectivity index (χ4n) is 6.39. The summed E-state index contributed by atoms with van der Waals surface area (Å²) in [7, 11) is 0. The molecule has 5 nitrogen and oxygen atoms in total. The Morgan fingerprint density at radius 1 is 0.327 bits per heavy atom. The maximum absolute atomic E-state index is 6.74. The Balaban J connectivity index is 1.10. The molecule has 0 N–H and O–H groups in total. The molecule has 49 heavy (non-hydrogen) atoms. The second-order valence-corrected chi connectivity index (χ2v) is 11.9. The van der Waals surface area contributed by atoms with Gasteiger partial charge in [0.2, 0.25) is 0 Å². The number of nitrogens with zero attached hydrogens (tertiary/aromatic N) is 4. The molecular weight excluding hydrogens is 601 g/mol. The van der Waals surface area contributed by atoms with E-state index >= 15 is 0 Å². The minimum atomic E-state index is 0.625. The van der Waals surface area contributed by atoms with Crippen molar-refractivity contribution in [3.8, 4) is 67.5 Å². The summed E-state index contributed by atoms with van der Waals surface area (Å²) in [6.45, 7) is 0. The summed E-state index contributed by atoms with van der Waals surface area (Å²) in [5, 5.41) is 2.18. The summed E-state index contributed by atoms with van der Waals surface area (Å²) < 4.78 is 6.74. The van der Waals surface area contributed by atoms with E-state index in [1.807, 2.05) is 72.9 Å². The van der Waals surface area contributed by atoms with E-state index in [1.165, 1.54) is 0 Å². The molecular formula is C44H28N4O. The van der Waals surface area contributed by atoms with Gasteiger partial charge in [-0.25, -0.2) is 15.0 Å². The third-order valence-corrected chi connectivity index (χ3v) is 8.87. The number of aromatic nitrogens is 4. The zero-order chi connectivity index (χ0) is 32.6. The lowest BCUT2D eigenvalue weighted by molar-refractivity contribution is 0.671.